The topological polar surface area (TPSA) is 63.6 Å². The van der Waals surface area contributed by atoms with Crippen molar-refractivity contribution < 1.29 is 19.4 Å². The molecule has 0 aromatic heterocycles. The van der Waals surface area contributed by atoms with Crippen molar-refractivity contribution in [1.29, 1.82) is 0 Å². The van der Waals surface area contributed by atoms with E-state index in [4.69, 9.17) is 4.74 Å². The fourth-order valence-electron chi connectivity index (χ4n) is 5.07. The molecule has 0 aromatic carbocycles. The Morgan fingerprint density at radius 2 is 2.05 bits per heavy atom. The quantitative estimate of drug-likeness (QED) is 0.867. The zero-order chi connectivity index (χ0) is 16.0. The molecule has 1 heterocycles. The zero-order valence-electron chi connectivity index (χ0n) is 13.8. The largest absolute Gasteiger partial charge is 0.365 e. The summed E-state index contributed by atoms with van der Waals surface area (Å²) < 4.78 is 6.08. The van der Waals surface area contributed by atoms with Crippen molar-refractivity contribution >= 4 is 11.6 Å². The number of hydrogen-bond acceptors (Lipinski definition) is 4. The summed E-state index contributed by atoms with van der Waals surface area (Å²) in [6.45, 7) is 3.70. The van der Waals surface area contributed by atoms with Gasteiger partial charge in [-0.25, -0.2) is 0 Å². The van der Waals surface area contributed by atoms with Crippen LogP contribution in [0.4, 0.5) is 0 Å². The SMILES string of the molecule is CC(=O)CCCC1CCC2[C@@H]3CCC(=O)[C@]3(C)CCC2(O)O1. The predicted molar refractivity (Wildman–Crippen MR) is 82.2 cm³/mol. The lowest BCUT2D eigenvalue weighted by Gasteiger charge is -2.53. The molecule has 2 saturated carbocycles. The van der Waals surface area contributed by atoms with E-state index in [2.05, 4.69) is 6.92 Å². The predicted octanol–water partition coefficient (Wildman–Crippen LogP) is 3.01. The van der Waals surface area contributed by atoms with Gasteiger partial charge in [0.25, 0.3) is 0 Å². The molecule has 3 unspecified atom stereocenters. The van der Waals surface area contributed by atoms with Crippen molar-refractivity contribution in [2.24, 2.45) is 17.3 Å². The second-order valence-corrected chi connectivity index (χ2v) is 7.85. The molecule has 3 fully saturated rings. The van der Waals surface area contributed by atoms with Crippen LogP contribution in [0.3, 0.4) is 0 Å². The number of hydrogen-bond donors (Lipinski definition) is 1. The first-order chi connectivity index (χ1) is 10.3. The smallest absolute Gasteiger partial charge is 0.168 e. The zero-order valence-corrected chi connectivity index (χ0v) is 13.8. The second-order valence-electron chi connectivity index (χ2n) is 7.85. The summed E-state index contributed by atoms with van der Waals surface area (Å²) in [7, 11) is 0. The number of Topliss-reactive ketones (excluding diaryl/α,β-unsaturated/α-hetero) is 2. The van der Waals surface area contributed by atoms with Gasteiger partial charge < -0.3 is 14.6 Å². The Balaban J connectivity index is 1.65. The summed E-state index contributed by atoms with van der Waals surface area (Å²) in [5.41, 5.74) is -0.234. The minimum atomic E-state index is -1.05. The van der Waals surface area contributed by atoms with Crippen LogP contribution in [0.25, 0.3) is 0 Å². The molecule has 1 aliphatic heterocycles. The molecular formula is C18H28O4. The molecule has 3 aliphatic rings. The van der Waals surface area contributed by atoms with Gasteiger partial charge in [-0.2, -0.15) is 0 Å². The van der Waals surface area contributed by atoms with Crippen LogP contribution in [0.5, 0.6) is 0 Å². The van der Waals surface area contributed by atoms with Gasteiger partial charge in [0.2, 0.25) is 0 Å². The van der Waals surface area contributed by atoms with E-state index in [1.165, 1.54) is 0 Å². The minimum absolute atomic E-state index is 0.0575. The fraction of sp³-hybridized carbons (Fsp3) is 0.889. The molecular weight excluding hydrogens is 280 g/mol. The van der Waals surface area contributed by atoms with E-state index in [1.807, 2.05) is 0 Å². The molecule has 1 saturated heterocycles. The molecule has 0 amide bonds. The average molecular weight is 308 g/mol. The number of ether oxygens (including phenoxy) is 1. The molecule has 0 aromatic rings. The van der Waals surface area contributed by atoms with Crippen molar-refractivity contribution in [1.82, 2.24) is 0 Å². The van der Waals surface area contributed by atoms with Gasteiger partial charge in [-0.05, 0) is 51.4 Å². The van der Waals surface area contributed by atoms with Gasteiger partial charge in [-0.1, -0.05) is 6.92 Å². The summed E-state index contributed by atoms with van der Waals surface area (Å²) in [5.74, 6) is -0.0828. The van der Waals surface area contributed by atoms with E-state index in [0.29, 0.717) is 25.0 Å². The molecule has 22 heavy (non-hydrogen) atoms. The molecule has 4 nitrogen and oxygen atoms in total. The van der Waals surface area contributed by atoms with Crippen LogP contribution >= 0.6 is 0 Å². The lowest BCUT2D eigenvalue weighted by molar-refractivity contribution is -0.315. The minimum Gasteiger partial charge on any atom is -0.365 e. The first-order valence-electron chi connectivity index (χ1n) is 8.78. The van der Waals surface area contributed by atoms with Gasteiger partial charge in [0.15, 0.2) is 5.79 Å². The Kier molecular flexibility index (Phi) is 4.19. The fourth-order valence-corrected chi connectivity index (χ4v) is 5.07. The Bertz CT molecular complexity index is 474. The molecule has 0 bridgehead atoms. The maximum absolute atomic E-state index is 12.2. The number of carbonyl (C=O) groups is 2. The van der Waals surface area contributed by atoms with E-state index in [9.17, 15) is 14.7 Å². The van der Waals surface area contributed by atoms with E-state index in [-0.39, 0.29) is 29.1 Å². The maximum atomic E-state index is 12.2. The molecule has 5 atom stereocenters. The lowest BCUT2D eigenvalue weighted by atomic mass is 9.59. The molecule has 3 rings (SSSR count). The van der Waals surface area contributed by atoms with Gasteiger partial charge in [0.1, 0.15) is 11.6 Å². The third kappa shape index (κ3) is 2.65. The molecule has 2 aliphatic carbocycles. The van der Waals surface area contributed by atoms with Crippen molar-refractivity contribution in [3.63, 3.8) is 0 Å². The van der Waals surface area contributed by atoms with Gasteiger partial charge in [0, 0.05) is 30.6 Å². The second kappa shape index (κ2) is 5.72. The van der Waals surface area contributed by atoms with Crippen molar-refractivity contribution in [3.05, 3.63) is 0 Å². The van der Waals surface area contributed by atoms with Crippen molar-refractivity contribution in [2.45, 2.75) is 83.5 Å². The van der Waals surface area contributed by atoms with Crippen molar-refractivity contribution in [3.8, 4) is 0 Å². The van der Waals surface area contributed by atoms with Gasteiger partial charge in [-0.15, -0.1) is 0 Å². The third-order valence-corrected chi connectivity index (χ3v) is 6.43. The molecule has 124 valence electrons. The summed E-state index contributed by atoms with van der Waals surface area (Å²) in [4.78, 5) is 23.3. The monoisotopic (exact) mass is 308 g/mol. The van der Waals surface area contributed by atoms with E-state index < -0.39 is 5.79 Å². The van der Waals surface area contributed by atoms with Gasteiger partial charge in [0.05, 0.1) is 6.10 Å². The maximum Gasteiger partial charge on any atom is 0.168 e. The Morgan fingerprint density at radius 1 is 1.27 bits per heavy atom. The van der Waals surface area contributed by atoms with Gasteiger partial charge in [-0.3, -0.25) is 4.79 Å². The average Bonchev–Trinajstić information content (AvgIpc) is 2.74. The highest BCUT2D eigenvalue weighted by Gasteiger charge is 2.60. The Hall–Kier alpha value is -0.740. The first-order valence-corrected chi connectivity index (χ1v) is 8.78. The standard InChI is InChI=1S/C18H28O4/c1-12(19)4-3-5-13-6-7-15-14-8-9-16(20)17(14,2)10-11-18(15,21)22-13/h13-15,21H,3-11H2,1-2H3/t13?,14-,15?,17+,18?/m0/s1. The summed E-state index contributed by atoms with van der Waals surface area (Å²) in [6.07, 6.45) is 7.08. The van der Waals surface area contributed by atoms with Gasteiger partial charge >= 0.3 is 0 Å². The Labute approximate surface area is 132 Å². The van der Waals surface area contributed by atoms with E-state index in [0.717, 1.165) is 38.5 Å². The summed E-state index contributed by atoms with van der Waals surface area (Å²) >= 11 is 0. The van der Waals surface area contributed by atoms with Crippen LogP contribution in [0, 0.1) is 17.3 Å². The summed E-state index contributed by atoms with van der Waals surface area (Å²) in [6, 6.07) is 0. The van der Waals surface area contributed by atoms with Crippen molar-refractivity contribution in [2.75, 3.05) is 0 Å². The lowest BCUT2D eigenvalue weighted by Crippen LogP contribution is -2.57. The van der Waals surface area contributed by atoms with E-state index >= 15 is 0 Å². The molecule has 0 radical (unpaired) electrons. The highest BCUT2D eigenvalue weighted by molar-refractivity contribution is 5.87. The molecule has 1 N–H and O–H groups in total. The normalized spacial score (nSPS) is 44.5. The molecule has 0 spiro atoms. The highest BCUT2D eigenvalue weighted by atomic mass is 16.6. The van der Waals surface area contributed by atoms with Crippen LogP contribution in [0.1, 0.15) is 71.6 Å². The summed E-state index contributed by atoms with van der Waals surface area (Å²) in [5, 5.41) is 11.0. The van der Waals surface area contributed by atoms with Crippen LogP contribution in [-0.2, 0) is 14.3 Å². The van der Waals surface area contributed by atoms with Crippen LogP contribution in [0.2, 0.25) is 0 Å². The van der Waals surface area contributed by atoms with Crippen LogP contribution in [0.15, 0.2) is 0 Å². The Morgan fingerprint density at radius 3 is 2.77 bits per heavy atom. The third-order valence-electron chi connectivity index (χ3n) is 6.43. The van der Waals surface area contributed by atoms with E-state index in [1.54, 1.807) is 6.92 Å². The number of aliphatic hydroxyl groups is 1. The number of carbonyl (C=O) groups excluding carboxylic acids is 2. The van der Waals surface area contributed by atoms with Crippen LogP contribution in [-0.4, -0.2) is 28.6 Å². The van der Waals surface area contributed by atoms with Crippen LogP contribution < -0.4 is 0 Å². The number of rotatable bonds is 4. The highest BCUT2D eigenvalue weighted by Crippen LogP contribution is 2.58. The number of fused-ring (bicyclic) bond motifs is 3. The number of ketones is 2. The molecule has 4 heteroatoms. The first kappa shape index (κ1) is 16.1.